The minimum atomic E-state index is -0.592. The molecule has 1 unspecified atom stereocenters. The fourth-order valence-corrected chi connectivity index (χ4v) is 6.57. The number of pyridine rings is 1. The summed E-state index contributed by atoms with van der Waals surface area (Å²) in [6, 6.07) is 9.30. The van der Waals surface area contributed by atoms with Crippen LogP contribution in [0.1, 0.15) is 85.1 Å². The number of ether oxygens (including phenoxy) is 2. The van der Waals surface area contributed by atoms with Crippen molar-refractivity contribution < 1.29 is 19.1 Å². The van der Waals surface area contributed by atoms with E-state index in [0.29, 0.717) is 29.2 Å². The average molecular weight is 558 g/mol. The SMILES string of the molecule is COc1cnc(OC)c(C2CCc3cc(NC(=O)[C@@H](NC(=O)c4ccnn4C(C)C)C(C4CC4)C4CC4)ccc32)c1. The van der Waals surface area contributed by atoms with Crippen molar-refractivity contribution in [2.24, 2.45) is 17.8 Å². The number of methoxy groups -OCH3 is 2. The zero-order valence-corrected chi connectivity index (χ0v) is 24.2. The largest absolute Gasteiger partial charge is 0.495 e. The van der Waals surface area contributed by atoms with Crippen molar-refractivity contribution in [2.45, 2.75) is 70.4 Å². The molecule has 3 aliphatic carbocycles. The third-order valence-electron chi connectivity index (χ3n) is 8.83. The van der Waals surface area contributed by atoms with Crippen LogP contribution in [0.2, 0.25) is 0 Å². The fourth-order valence-electron chi connectivity index (χ4n) is 6.57. The Labute approximate surface area is 241 Å². The molecule has 2 amide bonds. The average Bonchev–Trinajstić information content (AvgIpc) is 3.90. The van der Waals surface area contributed by atoms with E-state index >= 15 is 0 Å². The van der Waals surface area contributed by atoms with Crippen LogP contribution in [0, 0.1) is 17.8 Å². The van der Waals surface area contributed by atoms with Crippen LogP contribution in [0.25, 0.3) is 0 Å². The predicted octanol–water partition coefficient (Wildman–Crippen LogP) is 5.13. The maximum atomic E-state index is 13.9. The molecule has 2 N–H and O–H groups in total. The fraction of sp³-hybridized carbons (Fsp3) is 0.500. The molecule has 2 heterocycles. The number of benzene rings is 1. The molecular formula is C32H39N5O4. The first-order chi connectivity index (χ1) is 19.9. The van der Waals surface area contributed by atoms with Crippen molar-refractivity contribution in [1.29, 1.82) is 0 Å². The maximum absolute atomic E-state index is 13.9. The van der Waals surface area contributed by atoms with Crippen LogP contribution >= 0.6 is 0 Å². The van der Waals surface area contributed by atoms with Crippen molar-refractivity contribution in [2.75, 3.05) is 19.5 Å². The first kappa shape index (κ1) is 27.3. The minimum absolute atomic E-state index is 0.0450. The van der Waals surface area contributed by atoms with Gasteiger partial charge < -0.3 is 20.1 Å². The molecule has 1 aromatic carbocycles. The van der Waals surface area contributed by atoms with Crippen LogP contribution in [0.5, 0.6) is 11.6 Å². The van der Waals surface area contributed by atoms with E-state index in [2.05, 4.69) is 32.8 Å². The van der Waals surface area contributed by atoms with Crippen molar-refractivity contribution in [3.05, 3.63) is 65.1 Å². The van der Waals surface area contributed by atoms with Gasteiger partial charge >= 0.3 is 0 Å². The number of nitrogens with zero attached hydrogens (tertiary/aromatic N) is 3. The highest BCUT2D eigenvalue weighted by molar-refractivity contribution is 6.01. The molecule has 2 saturated carbocycles. The van der Waals surface area contributed by atoms with Crippen molar-refractivity contribution in [3.8, 4) is 11.6 Å². The molecule has 9 heteroatoms. The first-order valence-electron chi connectivity index (χ1n) is 14.7. The third kappa shape index (κ3) is 5.54. The van der Waals surface area contributed by atoms with Crippen molar-refractivity contribution >= 4 is 17.5 Å². The van der Waals surface area contributed by atoms with Crippen LogP contribution in [0.4, 0.5) is 5.69 Å². The van der Waals surface area contributed by atoms with Crippen molar-refractivity contribution in [3.63, 3.8) is 0 Å². The predicted molar refractivity (Wildman–Crippen MR) is 155 cm³/mol. The molecule has 2 aromatic heterocycles. The molecule has 0 saturated heterocycles. The van der Waals surface area contributed by atoms with Gasteiger partial charge in [-0.15, -0.1) is 0 Å². The molecule has 0 radical (unpaired) electrons. The van der Waals surface area contributed by atoms with Gasteiger partial charge in [0, 0.05) is 29.4 Å². The van der Waals surface area contributed by atoms with Gasteiger partial charge in [0.25, 0.3) is 5.91 Å². The Kier molecular flexibility index (Phi) is 7.45. The lowest BCUT2D eigenvalue weighted by Crippen LogP contribution is -2.50. The van der Waals surface area contributed by atoms with E-state index in [0.717, 1.165) is 49.8 Å². The van der Waals surface area contributed by atoms with Crippen molar-refractivity contribution in [1.82, 2.24) is 20.1 Å². The van der Waals surface area contributed by atoms with Crippen LogP contribution in [-0.2, 0) is 11.2 Å². The van der Waals surface area contributed by atoms with E-state index in [-0.39, 0.29) is 29.7 Å². The zero-order valence-electron chi connectivity index (χ0n) is 24.2. The van der Waals surface area contributed by atoms with Gasteiger partial charge in [0.05, 0.1) is 20.4 Å². The van der Waals surface area contributed by atoms with E-state index in [1.54, 1.807) is 37.4 Å². The number of carbonyl (C=O) groups is 2. The second kappa shape index (κ2) is 11.2. The Morgan fingerprint density at radius 1 is 0.976 bits per heavy atom. The van der Waals surface area contributed by atoms with Gasteiger partial charge in [-0.2, -0.15) is 5.10 Å². The first-order valence-corrected chi connectivity index (χ1v) is 14.7. The lowest BCUT2D eigenvalue weighted by Gasteiger charge is -2.28. The monoisotopic (exact) mass is 557 g/mol. The normalized spacial score (nSPS) is 18.7. The molecule has 3 aromatic rings. The number of aromatic nitrogens is 3. The molecule has 2 atom stereocenters. The molecule has 216 valence electrons. The molecule has 41 heavy (non-hydrogen) atoms. The summed E-state index contributed by atoms with van der Waals surface area (Å²) in [7, 11) is 3.27. The number of anilines is 1. The Morgan fingerprint density at radius 2 is 1.73 bits per heavy atom. The summed E-state index contributed by atoms with van der Waals surface area (Å²) in [5.74, 6) is 2.17. The van der Waals surface area contributed by atoms with Crippen LogP contribution < -0.4 is 20.1 Å². The minimum Gasteiger partial charge on any atom is -0.495 e. The third-order valence-corrected chi connectivity index (χ3v) is 8.83. The second-order valence-corrected chi connectivity index (χ2v) is 11.9. The number of hydrogen-bond donors (Lipinski definition) is 2. The molecule has 0 aliphatic heterocycles. The molecule has 6 rings (SSSR count). The highest BCUT2D eigenvalue weighted by Crippen LogP contribution is 2.51. The van der Waals surface area contributed by atoms with Gasteiger partial charge in [0.2, 0.25) is 11.8 Å². The highest BCUT2D eigenvalue weighted by Gasteiger charge is 2.48. The summed E-state index contributed by atoms with van der Waals surface area (Å²) < 4.78 is 12.7. The van der Waals surface area contributed by atoms with E-state index in [1.165, 1.54) is 11.1 Å². The summed E-state index contributed by atoms with van der Waals surface area (Å²) in [6.07, 6.45) is 9.58. The molecule has 0 spiro atoms. The number of aryl methyl sites for hydroxylation is 1. The topological polar surface area (TPSA) is 107 Å². The number of carbonyl (C=O) groups excluding carboxylic acids is 2. The summed E-state index contributed by atoms with van der Waals surface area (Å²) in [5, 5.41) is 10.6. The van der Waals surface area contributed by atoms with Crippen LogP contribution in [0.15, 0.2) is 42.7 Å². The second-order valence-electron chi connectivity index (χ2n) is 11.9. The van der Waals surface area contributed by atoms with Gasteiger partial charge in [-0.3, -0.25) is 14.3 Å². The van der Waals surface area contributed by atoms with Gasteiger partial charge in [-0.25, -0.2) is 4.98 Å². The van der Waals surface area contributed by atoms with Gasteiger partial charge in [0.1, 0.15) is 17.5 Å². The summed E-state index contributed by atoms with van der Waals surface area (Å²) >= 11 is 0. The summed E-state index contributed by atoms with van der Waals surface area (Å²) in [6.45, 7) is 3.98. The number of fused-ring (bicyclic) bond motifs is 1. The van der Waals surface area contributed by atoms with Gasteiger partial charge in [0.15, 0.2) is 0 Å². The quantitative estimate of drug-likeness (QED) is 0.339. The molecule has 2 fully saturated rings. The Balaban J connectivity index is 1.23. The van der Waals surface area contributed by atoms with Gasteiger partial charge in [-0.05, 0) is 106 Å². The molecule has 0 bridgehead atoms. The number of nitrogens with one attached hydrogen (secondary N) is 2. The van der Waals surface area contributed by atoms with E-state index in [9.17, 15) is 9.59 Å². The Bertz CT molecular complexity index is 1430. The maximum Gasteiger partial charge on any atom is 0.270 e. The number of rotatable bonds is 11. The standard InChI is InChI=1S/C32H39N5O4/c1-18(2)37-27(13-14-34-37)30(38)36-29(28(19-5-6-19)20-7-8-20)31(39)35-22-10-12-24-21(15-22)9-11-25(24)26-16-23(40-3)17-33-32(26)41-4/h10,12-20,25,28-29H,5-9,11H2,1-4H3,(H,35,39)(H,36,38)/t25?,29-/m0/s1. The summed E-state index contributed by atoms with van der Waals surface area (Å²) in [5.41, 5.74) is 4.63. The lowest BCUT2D eigenvalue weighted by atomic mass is 9.88. The summed E-state index contributed by atoms with van der Waals surface area (Å²) in [4.78, 5) is 31.8. The number of hydrogen-bond acceptors (Lipinski definition) is 6. The zero-order chi connectivity index (χ0) is 28.7. The lowest BCUT2D eigenvalue weighted by molar-refractivity contribution is -0.119. The van der Waals surface area contributed by atoms with E-state index in [1.807, 2.05) is 26.0 Å². The highest BCUT2D eigenvalue weighted by atomic mass is 16.5. The molecule has 3 aliphatic rings. The smallest absolute Gasteiger partial charge is 0.270 e. The van der Waals surface area contributed by atoms with E-state index < -0.39 is 6.04 Å². The Hall–Kier alpha value is -3.88. The van der Waals surface area contributed by atoms with Crippen LogP contribution in [0.3, 0.4) is 0 Å². The van der Waals surface area contributed by atoms with Crippen LogP contribution in [-0.4, -0.2) is 46.8 Å². The Morgan fingerprint density at radius 3 is 2.39 bits per heavy atom. The molecular weight excluding hydrogens is 518 g/mol. The van der Waals surface area contributed by atoms with Gasteiger partial charge in [-0.1, -0.05) is 6.07 Å². The van der Waals surface area contributed by atoms with E-state index in [4.69, 9.17) is 9.47 Å². The number of amides is 2. The molecule has 9 nitrogen and oxygen atoms in total.